The van der Waals surface area contributed by atoms with E-state index in [9.17, 15) is 8.42 Å². The summed E-state index contributed by atoms with van der Waals surface area (Å²) >= 11 is 0. The van der Waals surface area contributed by atoms with Gasteiger partial charge in [0.2, 0.25) is 10.0 Å². The van der Waals surface area contributed by atoms with Crippen molar-refractivity contribution in [3.8, 4) is 0 Å². The molecule has 0 unspecified atom stereocenters. The van der Waals surface area contributed by atoms with Crippen LogP contribution in [0.3, 0.4) is 0 Å². The predicted molar refractivity (Wildman–Crippen MR) is 88.5 cm³/mol. The summed E-state index contributed by atoms with van der Waals surface area (Å²) < 4.78 is 27.9. The van der Waals surface area contributed by atoms with Gasteiger partial charge in [-0.05, 0) is 75.4 Å². The molecule has 2 N–H and O–H groups in total. The van der Waals surface area contributed by atoms with Gasteiger partial charge < -0.3 is 5.32 Å². The maximum atomic E-state index is 12.6. The average molecular weight is 312 g/mol. The third-order valence-corrected chi connectivity index (χ3v) is 5.95. The Hall–Kier alpha value is -0.910. The van der Waals surface area contributed by atoms with Gasteiger partial charge in [0.05, 0.1) is 4.90 Å². The van der Waals surface area contributed by atoms with Crippen molar-refractivity contribution in [2.45, 2.75) is 52.9 Å². The molecular formula is C16H28N2O2S. The number of hydrogen-bond donors (Lipinski definition) is 2. The molecule has 0 aliphatic heterocycles. The fourth-order valence-electron chi connectivity index (χ4n) is 2.52. The van der Waals surface area contributed by atoms with Gasteiger partial charge in [-0.15, -0.1) is 0 Å². The molecule has 0 aliphatic carbocycles. The molecule has 0 bridgehead atoms. The molecule has 0 aliphatic rings. The van der Waals surface area contributed by atoms with E-state index in [2.05, 4.69) is 17.0 Å². The van der Waals surface area contributed by atoms with Crippen LogP contribution < -0.4 is 10.0 Å². The van der Waals surface area contributed by atoms with E-state index >= 15 is 0 Å². The number of rotatable bonds is 7. The second kappa shape index (κ2) is 7.38. The van der Waals surface area contributed by atoms with Crippen molar-refractivity contribution < 1.29 is 8.42 Å². The molecule has 1 aromatic carbocycles. The minimum absolute atomic E-state index is 0.410. The third-order valence-electron chi connectivity index (χ3n) is 4.22. The topological polar surface area (TPSA) is 58.2 Å². The maximum Gasteiger partial charge on any atom is 0.241 e. The van der Waals surface area contributed by atoms with Gasteiger partial charge >= 0.3 is 0 Å². The number of hydrogen-bond acceptors (Lipinski definition) is 3. The van der Waals surface area contributed by atoms with E-state index in [1.165, 1.54) is 5.56 Å². The highest BCUT2D eigenvalue weighted by molar-refractivity contribution is 7.89. The van der Waals surface area contributed by atoms with E-state index in [0.29, 0.717) is 18.0 Å². The Labute approximate surface area is 129 Å². The van der Waals surface area contributed by atoms with E-state index in [1.807, 2.05) is 34.6 Å². The van der Waals surface area contributed by atoms with E-state index in [-0.39, 0.29) is 0 Å². The fraction of sp³-hybridized carbons (Fsp3) is 0.625. The van der Waals surface area contributed by atoms with Crippen LogP contribution in [0.5, 0.6) is 0 Å². The Morgan fingerprint density at radius 1 is 0.762 bits per heavy atom. The normalized spacial score (nSPS) is 11.9. The van der Waals surface area contributed by atoms with Crippen molar-refractivity contribution >= 4 is 10.0 Å². The molecule has 0 spiro atoms. The van der Waals surface area contributed by atoms with E-state index in [1.54, 1.807) is 0 Å². The van der Waals surface area contributed by atoms with Gasteiger partial charge in [-0.3, -0.25) is 0 Å². The van der Waals surface area contributed by atoms with Gasteiger partial charge in [-0.25, -0.2) is 13.1 Å². The molecule has 1 rings (SSSR count). The van der Waals surface area contributed by atoms with E-state index in [0.717, 1.165) is 35.2 Å². The Kier molecular flexibility index (Phi) is 6.38. The Bertz CT molecular complexity index is 578. The summed E-state index contributed by atoms with van der Waals surface area (Å²) in [6, 6.07) is 0. The third kappa shape index (κ3) is 4.05. The summed E-state index contributed by atoms with van der Waals surface area (Å²) in [6.07, 6.45) is 1.04. The Balaban J connectivity index is 3.04. The highest BCUT2D eigenvalue weighted by atomic mass is 32.2. The molecule has 5 heteroatoms. The number of nitrogens with one attached hydrogen (secondary N) is 2. The smallest absolute Gasteiger partial charge is 0.241 e. The van der Waals surface area contributed by atoms with Crippen molar-refractivity contribution in [3.05, 3.63) is 27.8 Å². The first-order chi connectivity index (χ1) is 9.74. The van der Waals surface area contributed by atoms with Gasteiger partial charge in [0.25, 0.3) is 0 Å². The Morgan fingerprint density at radius 3 is 1.71 bits per heavy atom. The number of benzene rings is 1. The zero-order chi connectivity index (χ0) is 16.2. The molecule has 0 amide bonds. The largest absolute Gasteiger partial charge is 0.315 e. The van der Waals surface area contributed by atoms with Crippen LogP contribution in [0.25, 0.3) is 0 Å². The monoisotopic (exact) mass is 312 g/mol. The van der Waals surface area contributed by atoms with Crippen molar-refractivity contribution in [1.82, 2.24) is 10.0 Å². The van der Waals surface area contributed by atoms with Crippen molar-refractivity contribution in [3.63, 3.8) is 0 Å². The summed E-state index contributed by atoms with van der Waals surface area (Å²) in [4.78, 5) is 0.443. The first kappa shape index (κ1) is 18.1. The quantitative estimate of drug-likeness (QED) is 0.761. The minimum atomic E-state index is -3.46. The van der Waals surface area contributed by atoms with Gasteiger partial charge in [-0.1, -0.05) is 6.92 Å². The van der Waals surface area contributed by atoms with Crippen molar-refractivity contribution in [1.29, 1.82) is 0 Å². The molecule has 0 saturated carbocycles. The molecule has 0 fully saturated rings. The number of sulfonamides is 1. The van der Waals surface area contributed by atoms with Crippen LogP contribution in [0.2, 0.25) is 0 Å². The summed E-state index contributed by atoms with van der Waals surface area (Å²) in [7, 11) is -3.46. The lowest BCUT2D eigenvalue weighted by Crippen LogP contribution is -2.33. The summed E-state index contributed by atoms with van der Waals surface area (Å²) in [5.74, 6) is 0. The van der Waals surface area contributed by atoms with E-state index < -0.39 is 10.0 Å². The van der Waals surface area contributed by atoms with Gasteiger partial charge in [-0.2, -0.15) is 0 Å². The first-order valence-electron chi connectivity index (χ1n) is 7.51. The van der Waals surface area contributed by atoms with E-state index in [4.69, 9.17) is 0 Å². The standard InChI is InChI=1S/C16H28N2O2S/c1-7-8-17-9-10-18-21(19,20)16-14(5)12(3)11(2)13(4)15(16)6/h17-18H,7-10H2,1-6H3. The van der Waals surface area contributed by atoms with Crippen LogP contribution in [0.4, 0.5) is 0 Å². The second-order valence-electron chi connectivity index (χ2n) is 5.60. The molecule has 0 aromatic heterocycles. The SMILES string of the molecule is CCCNCCNS(=O)(=O)c1c(C)c(C)c(C)c(C)c1C. The minimum Gasteiger partial charge on any atom is -0.315 e. The van der Waals surface area contributed by atoms with Gasteiger partial charge in [0.1, 0.15) is 0 Å². The molecule has 120 valence electrons. The second-order valence-corrected chi connectivity index (χ2v) is 7.31. The van der Waals surface area contributed by atoms with Crippen LogP contribution in [-0.4, -0.2) is 28.1 Å². The Morgan fingerprint density at radius 2 is 1.24 bits per heavy atom. The van der Waals surface area contributed by atoms with Crippen LogP contribution in [0, 0.1) is 34.6 Å². The fourth-order valence-corrected chi connectivity index (χ4v) is 4.14. The summed E-state index contributed by atoms with van der Waals surface area (Å²) in [6.45, 7) is 13.8. The molecule has 0 radical (unpaired) electrons. The predicted octanol–water partition coefficient (Wildman–Crippen LogP) is 2.51. The molecule has 4 nitrogen and oxygen atoms in total. The molecule has 0 saturated heterocycles. The average Bonchev–Trinajstić information content (AvgIpc) is 2.42. The van der Waals surface area contributed by atoms with Crippen LogP contribution in [0.1, 0.15) is 41.2 Å². The summed E-state index contributed by atoms with van der Waals surface area (Å²) in [5, 5.41) is 3.19. The maximum absolute atomic E-state index is 12.6. The highest BCUT2D eigenvalue weighted by Gasteiger charge is 2.22. The van der Waals surface area contributed by atoms with Crippen LogP contribution in [0.15, 0.2) is 4.90 Å². The molecule has 21 heavy (non-hydrogen) atoms. The van der Waals surface area contributed by atoms with Crippen molar-refractivity contribution in [2.75, 3.05) is 19.6 Å². The zero-order valence-corrected chi connectivity index (χ0v) is 14.9. The van der Waals surface area contributed by atoms with Crippen molar-refractivity contribution in [2.24, 2.45) is 0 Å². The van der Waals surface area contributed by atoms with Crippen LogP contribution >= 0.6 is 0 Å². The lowest BCUT2D eigenvalue weighted by atomic mass is 9.95. The zero-order valence-electron chi connectivity index (χ0n) is 14.1. The first-order valence-corrected chi connectivity index (χ1v) is 8.99. The molecule has 0 atom stereocenters. The van der Waals surface area contributed by atoms with Gasteiger partial charge in [0.15, 0.2) is 0 Å². The lowest BCUT2D eigenvalue weighted by molar-refractivity contribution is 0.574. The lowest BCUT2D eigenvalue weighted by Gasteiger charge is -2.19. The molecule has 0 heterocycles. The van der Waals surface area contributed by atoms with Crippen LogP contribution in [-0.2, 0) is 10.0 Å². The molecule has 1 aromatic rings. The molecular weight excluding hydrogens is 284 g/mol. The summed E-state index contributed by atoms with van der Waals surface area (Å²) in [5.41, 5.74) is 4.99. The highest BCUT2D eigenvalue weighted by Crippen LogP contribution is 2.29. The van der Waals surface area contributed by atoms with Gasteiger partial charge in [0, 0.05) is 13.1 Å².